The molecule has 4 aromatic rings. The topological polar surface area (TPSA) is 89.6 Å². The monoisotopic (exact) mass is 529 g/mol. The van der Waals surface area contributed by atoms with E-state index in [2.05, 4.69) is 49.1 Å². The number of anilines is 3. The van der Waals surface area contributed by atoms with Gasteiger partial charge >= 0.3 is 0 Å². The van der Waals surface area contributed by atoms with Gasteiger partial charge in [0.1, 0.15) is 11.9 Å². The third kappa shape index (κ3) is 4.99. The third-order valence-corrected chi connectivity index (χ3v) is 7.53. The van der Waals surface area contributed by atoms with Crippen LogP contribution in [-0.4, -0.2) is 76.5 Å². The number of H-pyrrole nitrogens is 1. The Morgan fingerprint density at radius 1 is 1.05 bits per heavy atom. The fourth-order valence-corrected chi connectivity index (χ4v) is 5.10. The predicted molar refractivity (Wildman–Crippen MR) is 150 cm³/mol. The van der Waals surface area contributed by atoms with Crippen LogP contribution in [0.15, 0.2) is 48.8 Å². The number of aromatic nitrogens is 3. The van der Waals surface area contributed by atoms with Gasteiger partial charge in [0.2, 0.25) is 5.88 Å². The van der Waals surface area contributed by atoms with E-state index in [0.717, 1.165) is 56.2 Å². The lowest BCUT2D eigenvalue weighted by atomic mass is 10.1. The van der Waals surface area contributed by atoms with Gasteiger partial charge in [0, 0.05) is 67.2 Å². The molecule has 0 unspecified atom stereocenters. The summed E-state index contributed by atoms with van der Waals surface area (Å²) in [7, 11) is 0. The summed E-state index contributed by atoms with van der Waals surface area (Å²) in [5.41, 5.74) is 3.64. The van der Waals surface area contributed by atoms with Gasteiger partial charge in [-0.2, -0.15) is 0 Å². The number of nitrogens with one attached hydrogen (secondary N) is 2. The van der Waals surface area contributed by atoms with Gasteiger partial charge < -0.3 is 29.7 Å². The molecule has 10 heteroatoms. The number of likely N-dealkylation sites (tertiary alicyclic amines) is 1. The molecule has 1 amide bonds. The van der Waals surface area contributed by atoms with Crippen LogP contribution in [0.25, 0.3) is 10.9 Å². The molecule has 4 heterocycles. The van der Waals surface area contributed by atoms with E-state index in [4.69, 9.17) is 4.74 Å². The molecular formula is C29H32FN7O2. The van der Waals surface area contributed by atoms with Crippen molar-refractivity contribution in [1.82, 2.24) is 24.8 Å². The molecule has 9 nitrogen and oxygen atoms in total. The minimum Gasteiger partial charge on any atom is -0.435 e. The van der Waals surface area contributed by atoms with Crippen LogP contribution in [0, 0.1) is 12.7 Å². The molecule has 0 aliphatic carbocycles. The lowest BCUT2D eigenvalue weighted by Gasteiger charge is -2.35. The zero-order valence-electron chi connectivity index (χ0n) is 22.2. The molecular weight excluding hydrogens is 497 g/mol. The Labute approximate surface area is 226 Å². The highest BCUT2D eigenvalue weighted by Gasteiger charge is 2.30. The van der Waals surface area contributed by atoms with Gasteiger partial charge in [-0.25, -0.2) is 14.4 Å². The molecule has 2 fully saturated rings. The largest absolute Gasteiger partial charge is 0.435 e. The number of nitrogens with zero attached hydrogens (tertiary/aromatic N) is 5. The van der Waals surface area contributed by atoms with Crippen molar-refractivity contribution in [1.29, 1.82) is 0 Å². The number of halogens is 1. The summed E-state index contributed by atoms with van der Waals surface area (Å²) in [4.78, 5) is 31.8. The van der Waals surface area contributed by atoms with Crippen molar-refractivity contribution in [2.24, 2.45) is 0 Å². The summed E-state index contributed by atoms with van der Waals surface area (Å²) in [6.45, 7) is 10.5. The maximum Gasteiger partial charge on any atom is 0.263 e. The Bertz CT molecular complexity index is 1490. The van der Waals surface area contributed by atoms with E-state index >= 15 is 4.39 Å². The van der Waals surface area contributed by atoms with Gasteiger partial charge in [-0.05, 0) is 62.4 Å². The number of ether oxygens (including phenoxy) is 1. The molecule has 202 valence electrons. The molecule has 0 spiro atoms. The van der Waals surface area contributed by atoms with E-state index in [1.807, 2.05) is 19.1 Å². The summed E-state index contributed by atoms with van der Waals surface area (Å²) in [5.74, 6) is -0.428. The van der Waals surface area contributed by atoms with Gasteiger partial charge in [0.25, 0.3) is 5.91 Å². The molecule has 0 saturated carbocycles. The highest BCUT2D eigenvalue weighted by atomic mass is 19.1. The molecule has 2 aromatic heterocycles. The number of piperazine rings is 1. The SMILES string of the molecule is CCN1CCN(c2ccc(Nc3ncnc(Oc4ccc5[nH]c(C)cc5c4F)c3C(=O)N3CCC3)cc2)CC1. The smallest absolute Gasteiger partial charge is 0.263 e. The van der Waals surface area contributed by atoms with Gasteiger partial charge in [-0.1, -0.05) is 6.92 Å². The van der Waals surface area contributed by atoms with Crippen molar-refractivity contribution in [3.05, 3.63) is 65.9 Å². The number of benzene rings is 2. The molecule has 2 aliphatic rings. The predicted octanol–water partition coefficient (Wildman–Crippen LogP) is 4.93. The van der Waals surface area contributed by atoms with Gasteiger partial charge in [0.15, 0.2) is 17.4 Å². The first-order valence-corrected chi connectivity index (χ1v) is 13.4. The normalized spacial score (nSPS) is 15.9. The maximum absolute atomic E-state index is 15.3. The van der Waals surface area contributed by atoms with Gasteiger partial charge in [-0.15, -0.1) is 0 Å². The van der Waals surface area contributed by atoms with E-state index < -0.39 is 5.82 Å². The summed E-state index contributed by atoms with van der Waals surface area (Å²) in [5, 5.41) is 3.69. The van der Waals surface area contributed by atoms with Crippen LogP contribution in [0.1, 0.15) is 29.4 Å². The van der Waals surface area contributed by atoms with E-state index in [0.29, 0.717) is 29.8 Å². The first kappa shape index (κ1) is 25.1. The Morgan fingerprint density at radius 3 is 2.51 bits per heavy atom. The Balaban J connectivity index is 1.28. The molecule has 2 aliphatic heterocycles. The maximum atomic E-state index is 15.3. The highest BCUT2D eigenvalue weighted by Crippen LogP contribution is 2.35. The summed E-state index contributed by atoms with van der Waals surface area (Å²) >= 11 is 0. The molecule has 0 atom stereocenters. The second kappa shape index (κ2) is 10.5. The number of amides is 1. The molecule has 2 aromatic carbocycles. The number of hydrogen-bond donors (Lipinski definition) is 2. The summed E-state index contributed by atoms with van der Waals surface area (Å²) in [6, 6.07) is 13.1. The number of rotatable bonds is 7. The third-order valence-electron chi connectivity index (χ3n) is 7.53. The number of aryl methyl sites for hydroxylation is 1. The Hall–Kier alpha value is -4.18. The number of hydrogen-bond acceptors (Lipinski definition) is 7. The van der Waals surface area contributed by atoms with E-state index in [1.165, 1.54) is 6.33 Å². The first-order valence-electron chi connectivity index (χ1n) is 13.4. The van der Waals surface area contributed by atoms with Crippen LogP contribution < -0.4 is 15.0 Å². The van der Waals surface area contributed by atoms with Crippen molar-refractivity contribution in [2.75, 3.05) is 56.0 Å². The minimum atomic E-state index is -0.511. The molecule has 0 bridgehead atoms. The lowest BCUT2D eigenvalue weighted by Crippen LogP contribution is -2.46. The molecule has 2 N–H and O–H groups in total. The number of likely N-dealkylation sites (N-methyl/N-ethyl adjacent to an activating group) is 1. The van der Waals surface area contributed by atoms with Crippen molar-refractivity contribution in [3.63, 3.8) is 0 Å². The lowest BCUT2D eigenvalue weighted by molar-refractivity contribution is 0.0649. The van der Waals surface area contributed by atoms with Crippen LogP contribution in [0.5, 0.6) is 11.6 Å². The van der Waals surface area contributed by atoms with Crippen molar-refractivity contribution >= 4 is 34.0 Å². The number of aromatic amines is 1. The van der Waals surface area contributed by atoms with E-state index in [9.17, 15) is 4.79 Å². The van der Waals surface area contributed by atoms with Gasteiger partial charge in [0.05, 0.1) is 0 Å². The average molecular weight is 530 g/mol. The first-order chi connectivity index (χ1) is 19.0. The second-order valence-electron chi connectivity index (χ2n) is 10.0. The minimum absolute atomic E-state index is 0.00340. The zero-order chi connectivity index (χ0) is 26.9. The summed E-state index contributed by atoms with van der Waals surface area (Å²) < 4.78 is 21.3. The molecule has 2 saturated heterocycles. The van der Waals surface area contributed by atoms with E-state index in [1.54, 1.807) is 23.1 Å². The molecule has 39 heavy (non-hydrogen) atoms. The highest BCUT2D eigenvalue weighted by molar-refractivity contribution is 6.02. The Morgan fingerprint density at radius 2 is 1.82 bits per heavy atom. The molecule has 0 radical (unpaired) electrons. The van der Waals surface area contributed by atoms with Crippen LogP contribution in [-0.2, 0) is 0 Å². The van der Waals surface area contributed by atoms with Crippen LogP contribution in [0.2, 0.25) is 0 Å². The van der Waals surface area contributed by atoms with E-state index in [-0.39, 0.29) is 23.1 Å². The second-order valence-corrected chi connectivity index (χ2v) is 10.0. The standard InChI is InChI=1S/C29H32FN7O2/c1-3-35-13-15-36(16-14-35)21-7-5-20(6-8-21)34-27-25(29(38)37-11-4-12-37)28(32-18-31-27)39-24-10-9-23-22(26(24)30)17-19(2)33-23/h5-10,17-18,33H,3-4,11-16H2,1-2H3,(H,31,32,34). The van der Waals surface area contributed by atoms with Crippen molar-refractivity contribution in [3.8, 4) is 11.6 Å². The zero-order valence-corrected chi connectivity index (χ0v) is 22.2. The Kier molecular flexibility index (Phi) is 6.78. The number of carbonyl (C=O) groups is 1. The van der Waals surface area contributed by atoms with Crippen LogP contribution in [0.3, 0.4) is 0 Å². The fraction of sp³-hybridized carbons (Fsp3) is 0.345. The van der Waals surface area contributed by atoms with Gasteiger partial charge in [-0.3, -0.25) is 4.79 Å². The van der Waals surface area contributed by atoms with Crippen molar-refractivity contribution in [2.45, 2.75) is 20.3 Å². The fourth-order valence-electron chi connectivity index (χ4n) is 5.10. The quantitative estimate of drug-likeness (QED) is 0.351. The van der Waals surface area contributed by atoms with Crippen LogP contribution >= 0.6 is 0 Å². The number of carbonyl (C=O) groups excluding carboxylic acids is 1. The summed E-state index contributed by atoms with van der Waals surface area (Å²) in [6.07, 6.45) is 2.26. The van der Waals surface area contributed by atoms with Crippen LogP contribution in [0.4, 0.5) is 21.6 Å². The van der Waals surface area contributed by atoms with Crippen molar-refractivity contribution < 1.29 is 13.9 Å². The average Bonchev–Trinajstić information content (AvgIpc) is 3.31. The number of fused-ring (bicyclic) bond motifs is 1. The molecule has 6 rings (SSSR count).